The minimum atomic E-state index is 0.0257. The van der Waals surface area contributed by atoms with Crippen LogP contribution in [0, 0.1) is 0 Å². The van der Waals surface area contributed by atoms with Gasteiger partial charge in [0.15, 0.2) is 0 Å². The first-order valence-corrected chi connectivity index (χ1v) is 8.79. The molecule has 1 aromatic heterocycles. The highest BCUT2D eigenvalue weighted by molar-refractivity contribution is 9.13. The lowest BCUT2D eigenvalue weighted by Crippen LogP contribution is -2.42. The van der Waals surface area contributed by atoms with Crippen molar-refractivity contribution in [3.05, 3.63) is 19.2 Å². The van der Waals surface area contributed by atoms with Crippen molar-refractivity contribution < 1.29 is 4.79 Å². The zero-order valence-corrected chi connectivity index (χ0v) is 14.6. The van der Waals surface area contributed by atoms with Gasteiger partial charge >= 0.3 is 0 Å². The lowest BCUT2D eigenvalue weighted by Gasteiger charge is -2.27. The second kappa shape index (κ2) is 6.17. The highest BCUT2D eigenvalue weighted by Gasteiger charge is 2.25. The summed E-state index contributed by atoms with van der Waals surface area (Å²) in [6, 6.07) is 2.12. The maximum absolute atomic E-state index is 12.1. The van der Waals surface area contributed by atoms with Crippen LogP contribution in [0.4, 0.5) is 0 Å². The van der Waals surface area contributed by atoms with Crippen molar-refractivity contribution in [3.8, 4) is 0 Å². The summed E-state index contributed by atoms with van der Waals surface area (Å²) in [6.45, 7) is 0. The monoisotopic (exact) mass is 443 g/mol. The molecular formula is C11H12Br3NOS. The van der Waals surface area contributed by atoms with Gasteiger partial charge in [-0.1, -0.05) is 28.8 Å². The van der Waals surface area contributed by atoms with Gasteiger partial charge in [-0.3, -0.25) is 4.79 Å². The van der Waals surface area contributed by atoms with Crippen molar-refractivity contribution in [2.75, 3.05) is 0 Å². The number of halogens is 3. The molecule has 1 aliphatic carbocycles. The fourth-order valence-electron chi connectivity index (χ4n) is 1.95. The predicted molar refractivity (Wildman–Crippen MR) is 82.2 cm³/mol. The average Bonchev–Trinajstić information content (AvgIpc) is 2.63. The third-order valence-corrected chi connectivity index (χ3v) is 7.22. The molecule has 2 atom stereocenters. The fourth-order valence-corrected chi connectivity index (χ4v) is 4.61. The highest BCUT2D eigenvalue weighted by atomic mass is 79.9. The molecule has 17 heavy (non-hydrogen) atoms. The van der Waals surface area contributed by atoms with E-state index in [1.54, 1.807) is 0 Å². The van der Waals surface area contributed by atoms with E-state index in [-0.39, 0.29) is 11.9 Å². The zero-order chi connectivity index (χ0) is 12.4. The van der Waals surface area contributed by atoms with Crippen LogP contribution in [0.1, 0.15) is 35.4 Å². The van der Waals surface area contributed by atoms with Gasteiger partial charge in [0.25, 0.3) is 5.91 Å². The van der Waals surface area contributed by atoms with Gasteiger partial charge in [0.1, 0.15) is 0 Å². The number of carbonyl (C=O) groups is 1. The third-order valence-electron chi connectivity index (χ3n) is 2.87. The van der Waals surface area contributed by atoms with E-state index in [1.165, 1.54) is 24.2 Å². The second-order valence-electron chi connectivity index (χ2n) is 4.11. The van der Waals surface area contributed by atoms with Gasteiger partial charge in [-0.05, 0) is 50.8 Å². The number of alkyl halides is 1. The van der Waals surface area contributed by atoms with Crippen LogP contribution < -0.4 is 5.32 Å². The number of hydrogen-bond acceptors (Lipinski definition) is 2. The molecular weight excluding hydrogens is 434 g/mol. The van der Waals surface area contributed by atoms with E-state index < -0.39 is 0 Å². The molecule has 1 aromatic rings. The van der Waals surface area contributed by atoms with Crippen LogP contribution in [0.3, 0.4) is 0 Å². The molecule has 6 heteroatoms. The molecule has 2 rings (SSSR count). The van der Waals surface area contributed by atoms with Crippen LogP contribution in [0.25, 0.3) is 0 Å². The van der Waals surface area contributed by atoms with Crippen molar-refractivity contribution in [3.63, 3.8) is 0 Å². The maximum Gasteiger partial charge on any atom is 0.261 e. The van der Waals surface area contributed by atoms with E-state index in [0.717, 1.165) is 26.0 Å². The molecule has 0 spiro atoms. The summed E-state index contributed by atoms with van der Waals surface area (Å²) in [4.78, 5) is 13.2. The average molecular weight is 446 g/mol. The third kappa shape index (κ3) is 3.55. The van der Waals surface area contributed by atoms with Gasteiger partial charge in [-0.2, -0.15) is 0 Å². The molecule has 1 heterocycles. The molecule has 0 radical (unpaired) electrons. The topological polar surface area (TPSA) is 29.1 Å². The number of amides is 1. The Kier molecular flexibility index (Phi) is 5.09. The molecule has 1 fully saturated rings. The number of carbonyl (C=O) groups excluding carboxylic acids is 1. The lowest BCUT2D eigenvalue weighted by molar-refractivity contribution is 0.0934. The Morgan fingerprint density at radius 1 is 1.35 bits per heavy atom. The first-order chi connectivity index (χ1) is 8.08. The zero-order valence-electron chi connectivity index (χ0n) is 9.01. The minimum Gasteiger partial charge on any atom is -0.347 e. The Balaban J connectivity index is 2.01. The van der Waals surface area contributed by atoms with E-state index in [0.29, 0.717) is 4.83 Å². The summed E-state index contributed by atoms with van der Waals surface area (Å²) in [5.41, 5.74) is 0. The van der Waals surface area contributed by atoms with E-state index in [2.05, 4.69) is 53.1 Å². The normalized spacial score (nSPS) is 24.6. The molecule has 2 unspecified atom stereocenters. The molecule has 1 aliphatic rings. The van der Waals surface area contributed by atoms with Crippen molar-refractivity contribution in [2.24, 2.45) is 0 Å². The van der Waals surface area contributed by atoms with Crippen molar-refractivity contribution in [2.45, 2.75) is 36.6 Å². The van der Waals surface area contributed by atoms with Crippen molar-refractivity contribution in [1.82, 2.24) is 5.32 Å². The summed E-state index contributed by atoms with van der Waals surface area (Å²) in [5.74, 6) is 0.0257. The van der Waals surface area contributed by atoms with E-state index in [1.807, 2.05) is 6.07 Å². The minimum absolute atomic E-state index is 0.0257. The Morgan fingerprint density at radius 2 is 2.06 bits per heavy atom. The molecule has 1 N–H and O–H groups in total. The first kappa shape index (κ1) is 14.0. The summed E-state index contributed by atoms with van der Waals surface area (Å²) < 4.78 is 1.90. The standard InChI is InChI=1S/C11H12Br3NOS/c12-6-3-1-2-4-8(6)15-11(16)9-5-7(13)10(14)17-9/h5-6,8H,1-4H2,(H,15,16). The summed E-state index contributed by atoms with van der Waals surface area (Å²) >= 11 is 11.9. The van der Waals surface area contributed by atoms with Crippen molar-refractivity contribution in [1.29, 1.82) is 0 Å². The first-order valence-electron chi connectivity index (χ1n) is 5.47. The van der Waals surface area contributed by atoms with Gasteiger partial charge in [-0.25, -0.2) is 0 Å². The lowest BCUT2D eigenvalue weighted by atomic mass is 9.95. The molecule has 2 nitrogen and oxygen atoms in total. The molecule has 1 amide bonds. The fraction of sp³-hybridized carbons (Fsp3) is 0.545. The van der Waals surface area contributed by atoms with E-state index in [4.69, 9.17) is 0 Å². The van der Waals surface area contributed by atoms with Gasteiger partial charge in [0.2, 0.25) is 0 Å². The van der Waals surface area contributed by atoms with Crippen LogP contribution in [-0.4, -0.2) is 16.8 Å². The molecule has 0 aliphatic heterocycles. The number of nitrogens with one attached hydrogen (secondary N) is 1. The molecule has 1 saturated carbocycles. The van der Waals surface area contributed by atoms with Gasteiger partial charge < -0.3 is 5.32 Å². The van der Waals surface area contributed by atoms with Crippen LogP contribution >= 0.6 is 59.1 Å². The van der Waals surface area contributed by atoms with Gasteiger partial charge in [0.05, 0.1) is 8.66 Å². The van der Waals surface area contributed by atoms with Crippen LogP contribution in [0.2, 0.25) is 0 Å². The van der Waals surface area contributed by atoms with E-state index in [9.17, 15) is 4.79 Å². The number of hydrogen-bond donors (Lipinski definition) is 1. The predicted octanol–water partition coefficient (Wildman–Crippen LogP) is 4.71. The quantitative estimate of drug-likeness (QED) is 0.656. The summed E-state index contributed by atoms with van der Waals surface area (Å²) in [7, 11) is 0. The Hall–Kier alpha value is 0.610. The largest absolute Gasteiger partial charge is 0.347 e. The number of thiophene rings is 1. The Morgan fingerprint density at radius 3 is 2.65 bits per heavy atom. The SMILES string of the molecule is O=C(NC1CCCCC1Br)c1cc(Br)c(Br)s1. The number of rotatable bonds is 2. The van der Waals surface area contributed by atoms with Gasteiger partial charge in [0, 0.05) is 15.3 Å². The van der Waals surface area contributed by atoms with Crippen LogP contribution in [0.15, 0.2) is 14.3 Å². The molecule has 0 aromatic carbocycles. The Labute approximate surface area is 130 Å². The van der Waals surface area contributed by atoms with Gasteiger partial charge in [-0.15, -0.1) is 11.3 Å². The highest BCUT2D eigenvalue weighted by Crippen LogP contribution is 2.32. The molecule has 0 saturated heterocycles. The molecule has 0 bridgehead atoms. The van der Waals surface area contributed by atoms with Crippen LogP contribution in [0.5, 0.6) is 0 Å². The smallest absolute Gasteiger partial charge is 0.261 e. The Bertz CT molecular complexity index is 401. The summed E-state index contributed by atoms with van der Waals surface area (Å²) in [5, 5.41) is 3.11. The summed E-state index contributed by atoms with van der Waals surface area (Å²) in [6.07, 6.45) is 4.65. The van der Waals surface area contributed by atoms with Crippen molar-refractivity contribution >= 4 is 65.0 Å². The van der Waals surface area contributed by atoms with E-state index >= 15 is 0 Å². The maximum atomic E-state index is 12.1. The second-order valence-corrected chi connectivity index (χ2v) is 8.51. The molecule has 94 valence electrons. The van der Waals surface area contributed by atoms with Crippen LogP contribution in [-0.2, 0) is 0 Å².